The largest absolute Gasteiger partial charge is 0.508 e. The summed E-state index contributed by atoms with van der Waals surface area (Å²) >= 11 is 0. The van der Waals surface area contributed by atoms with Gasteiger partial charge in [0.05, 0.1) is 11.0 Å². The van der Waals surface area contributed by atoms with Gasteiger partial charge in [-0.1, -0.05) is 12.1 Å². The molecule has 0 bridgehead atoms. The minimum atomic E-state index is -3.15. The van der Waals surface area contributed by atoms with Gasteiger partial charge in [-0.2, -0.15) is 0 Å². The average Bonchev–Trinajstić information content (AvgIpc) is 2.09. The van der Waals surface area contributed by atoms with Gasteiger partial charge in [0.15, 0.2) is 9.84 Å². The van der Waals surface area contributed by atoms with Crippen molar-refractivity contribution in [3.8, 4) is 5.75 Å². The van der Waals surface area contributed by atoms with Gasteiger partial charge < -0.3 is 5.11 Å². The second-order valence-electron chi connectivity index (χ2n) is 3.99. The zero-order valence-electron chi connectivity index (χ0n) is 9.19. The normalized spacial score (nSPS) is 12.0. The van der Waals surface area contributed by atoms with Crippen LogP contribution in [-0.4, -0.2) is 18.8 Å². The first-order valence-electron chi connectivity index (χ1n) is 4.83. The molecule has 0 saturated heterocycles. The lowest BCUT2D eigenvalue weighted by Crippen LogP contribution is -2.16. The highest BCUT2D eigenvalue weighted by molar-refractivity contribution is 7.91. The number of aromatic hydroxyl groups is 1. The summed E-state index contributed by atoms with van der Waals surface area (Å²) in [5.41, 5.74) is 1.38. The van der Waals surface area contributed by atoms with E-state index in [4.69, 9.17) is 0 Å². The van der Waals surface area contributed by atoms with E-state index in [1.807, 2.05) is 6.92 Å². The Kier molecular flexibility index (Phi) is 3.39. The Hall–Kier alpha value is -1.03. The number of phenolic OH excluding ortho intramolecular Hbond substituents is 1. The van der Waals surface area contributed by atoms with E-state index in [-0.39, 0.29) is 11.5 Å². The van der Waals surface area contributed by atoms with Gasteiger partial charge in [-0.25, -0.2) is 8.42 Å². The van der Waals surface area contributed by atoms with Crippen molar-refractivity contribution in [1.82, 2.24) is 0 Å². The Morgan fingerprint density at radius 2 is 1.93 bits per heavy atom. The molecule has 0 atom stereocenters. The molecule has 0 aliphatic rings. The predicted octanol–water partition coefficient (Wildman–Crippen LogP) is 2.02. The number of hydrogen-bond donors (Lipinski definition) is 1. The summed E-state index contributed by atoms with van der Waals surface area (Å²) in [5, 5.41) is 9.15. The third-order valence-corrected chi connectivity index (χ3v) is 4.47. The first-order valence-corrected chi connectivity index (χ1v) is 6.54. The van der Waals surface area contributed by atoms with Crippen LogP contribution in [0.5, 0.6) is 5.75 Å². The molecular weight excluding hydrogens is 212 g/mol. The standard InChI is InChI=1S/C11H16O3S/c1-8(2)15(13,14)7-10-5-4-9(3)6-11(10)12/h4-6,8,12H,7H2,1-3H3. The van der Waals surface area contributed by atoms with Gasteiger partial charge >= 0.3 is 0 Å². The molecular formula is C11H16O3S. The number of phenols is 1. The maximum absolute atomic E-state index is 11.6. The second-order valence-corrected chi connectivity index (χ2v) is 6.55. The van der Waals surface area contributed by atoms with Crippen molar-refractivity contribution in [2.45, 2.75) is 31.8 Å². The number of benzene rings is 1. The second kappa shape index (κ2) is 4.23. The molecule has 0 radical (unpaired) electrons. The Balaban J connectivity index is 3.01. The summed E-state index contributed by atoms with van der Waals surface area (Å²) in [6, 6.07) is 5.03. The van der Waals surface area contributed by atoms with E-state index in [9.17, 15) is 13.5 Å². The van der Waals surface area contributed by atoms with Crippen molar-refractivity contribution in [2.24, 2.45) is 0 Å². The highest BCUT2D eigenvalue weighted by Gasteiger charge is 2.18. The Morgan fingerprint density at radius 3 is 2.40 bits per heavy atom. The monoisotopic (exact) mass is 228 g/mol. The minimum Gasteiger partial charge on any atom is -0.508 e. The van der Waals surface area contributed by atoms with Crippen molar-refractivity contribution in [2.75, 3.05) is 0 Å². The van der Waals surface area contributed by atoms with Crippen LogP contribution in [0.25, 0.3) is 0 Å². The number of rotatable bonds is 3. The maximum Gasteiger partial charge on any atom is 0.156 e. The molecule has 1 aromatic rings. The van der Waals surface area contributed by atoms with Crippen molar-refractivity contribution in [3.05, 3.63) is 29.3 Å². The first kappa shape index (κ1) is 12.0. The topological polar surface area (TPSA) is 54.4 Å². The molecule has 0 amide bonds. The molecule has 15 heavy (non-hydrogen) atoms. The van der Waals surface area contributed by atoms with E-state index in [0.29, 0.717) is 5.56 Å². The summed E-state index contributed by atoms with van der Waals surface area (Å²) in [6.45, 7) is 5.13. The fourth-order valence-electron chi connectivity index (χ4n) is 1.18. The van der Waals surface area contributed by atoms with Gasteiger partial charge in [-0.15, -0.1) is 0 Å². The zero-order chi connectivity index (χ0) is 11.6. The quantitative estimate of drug-likeness (QED) is 0.861. The zero-order valence-corrected chi connectivity index (χ0v) is 10.0. The van der Waals surface area contributed by atoms with E-state index >= 15 is 0 Å². The molecule has 1 rings (SSSR count). The summed E-state index contributed by atoms with van der Waals surface area (Å²) < 4.78 is 23.3. The highest BCUT2D eigenvalue weighted by Crippen LogP contribution is 2.22. The molecule has 0 spiro atoms. The van der Waals surface area contributed by atoms with Crippen LogP contribution in [0.2, 0.25) is 0 Å². The fourth-order valence-corrected chi connectivity index (χ4v) is 2.19. The molecule has 4 heteroatoms. The van der Waals surface area contributed by atoms with Crippen LogP contribution in [0.15, 0.2) is 18.2 Å². The molecule has 1 N–H and O–H groups in total. The molecule has 0 unspecified atom stereocenters. The van der Waals surface area contributed by atoms with Gasteiger partial charge in [0.2, 0.25) is 0 Å². The number of aryl methyl sites for hydroxylation is 1. The Morgan fingerprint density at radius 1 is 1.33 bits per heavy atom. The van der Waals surface area contributed by atoms with Gasteiger partial charge in [-0.05, 0) is 32.4 Å². The smallest absolute Gasteiger partial charge is 0.156 e. The van der Waals surface area contributed by atoms with Crippen LogP contribution in [0.1, 0.15) is 25.0 Å². The van der Waals surface area contributed by atoms with Crippen LogP contribution in [0, 0.1) is 6.92 Å². The third-order valence-electron chi connectivity index (χ3n) is 2.32. The van der Waals surface area contributed by atoms with Crippen molar-refractivity contribution >= 4 is 9.84 Å². The molecule has 0 heterocycles. The van der Waals surface area contributed by atoms with Crippen molar-refractivity contribution < 1.29 is 13.5 Å². The molecule has 0 aromatic heterocycles. The minimum absolute atomic E-state index is 0.0548. The average molecular weight is 228 g/mol. The molecule has 84 valence electrons. The number of sulfone groups is 1. The van der Waals surface area contributed by atoms with Crippen molar-refractivity contribution in [1.29, 1.82) is 0 Å². The SMILES string of the molecule is Cc1ccc(CS(=O)(=O)C(C)C)c(O)c1. The summed E-state index contributed by atoms with van der Waals surface area (Å²) in [4.78, 5) is 0. The van der Waals surface area contributed by atoms with Gasteiger partial charge in [0, 0.05) is 5.56 Å². The Bertz CT molecular complexity index is 447. The fraction of sp³-hybridized carbons (Fsp3) is 0.455. The summed E-state index contributed by atoms with van der Waals surface area (Å²) in [7, 11) is -3.15. The summed E-state index contributed by atoms with van der Waals surface area (Å²) in [5.74, 6) is -0.0456. The van der Waals surface area contributed by atoms with Crippen molar-refractivity contribution in [3.63, 3.8) is 0 Å². The molecule has 1 aromatic carbocycles. The lowest BCUT2D eigenvalue weighted by atomic mass is 10.1. The van der Waals surface area contributed by atoms with Gasteiger partial charge in [0.25, 0.3) is 0 Å². The third kappa shape index (κ3) is 2.96. The lowest BCUT2D eigenvalue weighted by Gasteiger charge is -2.09. The lowest BCUT2D eigenvalue weighted by molar-refractivity contribution is 0.469. The molecule has 0 fully saturated rings. The van der Waals surface area contributed by atoms with Gasteiger partial charge in [0.1, 0.15) is 5.75 Å². The van der Waals surface area contributed by atoms with Crippen LogP contribution >= 0.6 is 0 Å². The number of hydrogen-bond acceptors (Lipinski definition) is 3. The van der Waals surface area contributed by atoms with E-state index in [2.05, 4.69) is 0 Å². The van der Waals surface area contributed by atoms with Gasteiger partial charge in [-0.3, -0.25) is 0 Å². The summed E-state index contributed by atoms with van der Waals surface area (Å²) in [6.07, 6.45) is 0. The molecule has 0 saturated carbocycles. The van der Waals surface area contributed by atoms with Crippen LogP contribution in [-0.2, 0) is 15.6 Å². The molecule has 0 aliphatic carbocycles. The molecule has 0 aliphatic heterocycles. The molecule has 3 nitrogen and oxygen atoms in total. The predicted molar refractivity (Wildman–Crippen MR) is 60.6 cm³/mol. The van der Waals surface area contributed by atoms with Crippen LogP contribution in [0.4, 0.5) is 0 Å². The van der Waals surface area contributed by atoms with E-state index in [1.54, 1.807) is 32.0 Å². The van der Waals surface area contributed by atoms with Crippen LogP contribution < -0.4 is 0 Å². The highest BCUT2D eigenvalue weighted by atomic mass is 32.2. The van der Waals surface area contributed by atoms with E-state index in [0.717, 1.165) is 5.56 Å². The van der Waals surface area contributed by atoms with E-state index < -0.39 is 15.1 Å². The van der Waals surface area contributed by atoms with Crippen LogP contribution in [0.3, 0.4) is 0 Å². The first-order chi connectivity index (χ1) is 6.83. The maximum atomic E-state index is 11.6. The Labute approximate surface area is 90.7 Å². The van der Waals surface area contributed by atoms with E-state index in [1.165, 1.54) is 0 Å².